The number of aliphatic hydroxyl groups is 1. The van der Waals surface area contributed by atoms with Crippen LogP contribution < -0.4 is 4.72 Å². The molecule has 1 aromatic carbocycles. The van der Waals surface area contributed by atoms with Crippen molar-refractivity contribution in [2.45, 2.75) is 17.9 Å². The molecule has 2 rings (SSSR count). The molecule has 22 heavy (non-hydrogen) atoms. The van der Waals surface area contributed by atoms with E-state index in [1.807, 2.05) is 30.5 Å². The second-order valence-electron chi connectivity index (χ2n) is 4.77. The van der Waals surface area contributed by atoms with Gasteiger partial charge >= 0.3 is 0 Å². The van der Waals surface area contributed by atoms with Crippen molar-refractivity contribution < 1.29 is 18.3 Å². The van der Waals surface area contributed by atoms with Crippen LogP contribution in [-0.4, -0.2) is 33.3 Å². The third-order valence-corrected chi connectivity index (χ3v) is 5.42. The number of aliphatic hydroxyl groups excluding tert-OH is 1. The number of aryl methyl sites for hydroxylation is 1. The summed E-state index contributed by atoms with van der Waals surface area (Å²) in [5.74, 6) is 0. The van der Waals surface area contributed by atoms with Crippen LogP contribution in [0.25, 0.3) is 0 Å². The lowest BCUT2D eigenvalue weighted by Gasteiger charge is -2.17. The summed E-state index contributed by atoms with van der Waals surface area (Å²) in [6.07, 6.45) is -0.410. The maximum Gasteiger partial charge on any atom is 0.240 e. The molecule has 2 aromatic rings. The average molecular weight is 341 g/mol. The fraction of sp³-hybridized carbons (Fsp3) is 0.333. The molecule has 0 bridgehead atoms. The minimum atomic E-state index is -3.58. The minimum absolute atomic E-state index is 0.105. The molecule has 1 atom stereocenters. The van der Waals surface area contributed by atoms with Gasteiger partial charge in [0.05, 0.1) is 18.1 Å². The fourth-order valence-electron chi connectivity index (χ4n) is 1.96. The third kappa shape index (κ3) is 4.62. The number of nitrogens with one attached hydrogen (secondary N) is 1. The van der Waals surface area contributed by atoms with Gasteiger partial charge in [0.25, 0.3) is 0 Å². The molecule has 120 valence electrons. The van der Waals surface area contributed by atoms with Crippen LogP contribution in [0.3, 0.4) is 0 Å². The predicted octanol–water partition coefficient (Wildman–Crippen LogP) is 2.09. The summed E-state index contributed by atoms with van der Waals surface area (Å²) in [5, 5.41) is 10.8. The Hall–Kier alpha value is -1.25. The standard InChI is InChI=1S/C15H19NO4S2/c1-12-4-2-5-13(10-12)22(18,19)16-11-14(20-8-7-17)15-6-3-9-21-15/h2-6,9-10,14,16-17H,7-8,11H2,1H3. The Morgan fingerprint density at radius 3 is 2.77 bits per heavy atom. The summed E-state index contributed by atoms with van der Waals surface area (Å²) >= 11 is 1.49. The molecule has 5 nitrogen and oxygen atoms in total. The van der Waals surface area contributed by atoms with E-state index in [-0.39, 0.29) is 24.7 Å². The van der Waals surface area contributed by atoms with E-state index in [9.17, 15) is 8.42 Å². The Morgan fingerprint density at radius 2 is 2.14 bits per heavy atom. The lowest BCUT2D eigenvalue weighted by Crippen LogP contribution is -2.29. The van der Waals surface area contributed by atoms with Crippen molar-refractivity contribution in [1.82, 2.24) is 4.72 Å². The van der Waals surface area contributed by atoms with Gasteiger partial charge in [-0.25, -0.2) is 13.1 Å². The SMILES string of the molecule is Cc1cccc(S(=O)(=O)NCC(OCCO)c2cccs2)c1. The van der Waals surface area contributed by atoms with Crippen LogP contribution in [-0.2, 0) is 14.8 Å². The number of thiophene rings is 1. The van der Waals surface area contributed by atoms with Crippen molar-refractivity contribution in [3.63, 3.8) is 0 Å². The van der Waals surface area contributed by atoms with E-state index in [1.165, 1.54) is 11.3 Å². The minimum Gasteiger partial charge on any atom is -0.394 e. The van der Waals surface area contributed by atoms with E-state index in [1.54, 1.807) is 18.2 Å². The highest BCUT2D eigenvalue weighted by Gasteiger charge is 2.19. The molecular formula is C15H19NO4S2. The van der Waals surface area contributed by atoms with E-state index in [0.29, 0.717) is 0 Å². The van der Waals surface area contributed by atoms with E-state index >= 15 is 0 Å². The maximum atomic E-state index is 12.3. The van der Waals surface area contributed by atoms with Gasteiger partial charge in [-0.1, -0.05) is 18.2 Å². The zero-order chi connectivity index (χ0) is 16.0. The smallest absolute Gasteiger partial charge is 0.240 e. The molecule has 0 fully saturated rings. The molecular weight excluding hydrogens is 322 g/mol. The summed E-state index contributed by atoms with van der Waals surface area (Å²) in [5.41, 5.74) is 0.884. The molecule has 7 heteroatoms. The van der Waals surface area contributed by atoms with Crippen LogP contribution in [0.15, 0.2) is 46.7 Å². The van der Waals surface area contributed by atoms with Crippen LogP contribution in [0.5, 0.6) is 0 Å². The van der Waals surface area contributed by atoms with Crippen molar-refractivity contribution in [1.29, 1.82) is 0 Å². The molecule has 0 aliphatic heterocycles. The average Bonchev–Trinajstić information content (AvgIpc) is 3.01. The lowest BCUT2D eigenvalue weighted by molar-refractivity contribution is 0.0328. The van der Waals surface area contributed by atoms with Gasteiger partial charge in [-0.2, -0.15) is 0 Å². The van der Waals surface area contributed by atoms with Crippen molar-refractivity contribution in [3.05, 3.63) is 52.2 Å². The number of hydrogen-bond acceptors (Lipinski definition) is 5. The van der Waals surface area contributed by atoms with E-state index in [4.69, 9.17) is 9.84 Å². The molecule has 0 amide bonds. The highest BCUT2D eigenvalue weighted by molar-refractivity contribution is 7.89. The summed E-state index contributed by atoms with van der Waals surface area (Å²) in [6.45, 7) is 2.02. The second kappa shape index (κ2) is 7.85. The first kappa shape index (κ1) is 17.1. The van der Waals surface area contributed by atoms with Crippen LogP contribution >= 0.6 is 11.3 Å². The Labute approximate surface area is 134 Å². The van der Waals surface area contributed by atoms with Crippen LogP contribution in [0.4, 0.5) is 0 Å². The van der Waals surface area contributed by atoms with Gasteiger partial charge in [-0.05, 0) is 36.1 Å². The molecule has 1 unspecified atom stereocenters. The molecule has 0 radical (unpaired) electrons. The molecule has 0 aliphatic rings. The Morgan fingerprint density at radius 1 is 1.32 bits per heavy atom. The first-order valence-electron chi connectivity index (χ1n) is 6.85. The van der Waals surface area contributed by atoms with Crippen molar-refractivity contribution >= 4 is 21.4 Å². The molecule has 2 N–H and O–H groups in total. The maximum absolute atomic E-state index is 12.3. The highest BCUT2D eigenvalue weighted by atomic mass is 32.2. The Kier molecular flexibility index (Phi) is 6.10. The van der Waals surface area contributed by atoms with Gasteiger partial charge in [0, 0.05) is 11.4 Å². The number of sulfonamides is 1. The van der Waals surface area contributed by atoms with Gasteiger partial charge in [-0.3, -0.25) is 0 Å². The monoisotopic (exact) mass is 341 g/mol. The summed E-state index contributed by atoms with van der Waals surface area (Å²) < 4.78 is 32.7. The Balaban J connectivity index is 2.08. The summed E-state index contributed by atoms with van der Waals surface area (Å²) in [4.78, 5) is 1.15. The molecule has 0 saturated carbocycles. The molecule has 1 heterocycles. The number of benzene rings is 1. The largest absolute Gasteiger partial charge is 0.394 e. The zero-order valence-electron chi connectivity index (χ0n) is 12.2. The molecule has 1 aromatic heterocycles. The second-order valence-corrected chi connectivity index (χ2v) is 7.51. The number of hydrogen-bond donors (Lipinski definition) is 2. The first-order chi connectivity index (χ1) is 10.5. The van der Waals surface area contributed by atoms with Gasteiger partial charge < -0.3 is 9.84 Å². The fourth-order valence-corrected chi connectivity index (χ4v) is 3.87. The normalized spacial score (nSPS) is 13.2. The van der Waals surface area contributed by atoms with Gasteiger partial charge in [0.2, 0.25) is 10.0 Å². The van der Waals surface area contributed by atoms with Crippen molar-refractivity contribution in [2.24, 2.45) is 0 Å². The quantitative estimate of drug-likeness (QED) is 0.771. The number of ether oxygens (including phenoxy) is 1. The molecule has 0 spiro atoms. The van der Waals surface area contributed by atoms with E-state index in [2.05, 4.69) is 4.72 Å². The zero-order valence-corrected chi connectivity index (χ0v) is 13.9. The summed E-state index contributed by atoms with van der Waals surface area (Å²) in [6, 6.07) is 10.5. The van der Waals surface area contributed by atoms with Gasteiger partial charge in [0.1, 0.15) is 6.10 Å². The molecule has 0 aliphatic carbocycles. The van der Waals surface area contributed by atoms with Crippen LogP contribution in [0, 0.1) is 6.92 Å². The third-order valence-electron chi connectivity index (χ3n) is 3.03. The van der Waals surface area contributed by atoms with Crippen molar-refractivity contribution in [2.75, 3.05) is 19.8 Å². The van der Waals surface area contributed by atoms with Gasteiger partial charge in [0.15, 0.2) is 0 Å². The van der Waals surface area contributed by atoms with Crippen LogP contribution in [0.2, 0.25) is 0 Å². The lowest BCUT2D eigenvalue weighted by atomic mass is 10.2. The molecule has 0 saturated heterocycles. The Bertz CT molecular complexity index is 683. The topological polar surface area (TPSA) is 75.6 Å². The number of rotatable bonds is 8. The van der Waals surface area contributed by atoms with Crippen LogP contribution in [0.1, 0.15) is 16.5 Å². The van der Waals surface area contributed by atoms with E-state index in [0.717, 1.165) is 10.4 Å². The van der Waals surface area contributed by atoms with E-state index < -0.39 is 16.1 Å². The van der Waals surface area contributed by atoms with Crippen molar-refractivity contribution in [3.8, 4) is 0 Å². The highest BCUT2D eigenvalue weighted by Crippen LogP contribution is 2.22. The first-order valence-corrected chi connectivity index (χ1v) is 9.21. The summed E-state index contributed by atoms with van der Waals surface area (Å²) in [7, 11) is -3.58. The predicted molar refractivity (Wildman–Crippen MR) is 86.5 cm³/mol. The van der Waals surface area contributed by atoms with Gasteiger partial charge in [-0.15, -0.1) is 11.3 Å².